The van der Waals surface area contributed by atoms with Gasteiger partial charge in [-0.05, 0) is 30.7 Å². The second kappa shape index (κ2) is 5.15. The van der Waals surface area contributed by atoms with Gasteiger partial charge in [0.05, 0.1) is 5.56 Å². The van der Waals surface area contributed by atoms with Crippen LogP contribution in [-0.4, -0.2) is 21.0 Å². The molecule has 0 aliphatic rings. The third kappa shape index (κ3) is 3.14. The maximum atomic E-state index is 11.3. The van der Waals surface area contributed by atoms with Crippen LogP contribution >= 0.6 is 11.8 Å². The van der Waals surface area contributed by atoms with Crippen LogP contribution < -0.4 is 11.3 Å². The van der Waals surface area contributed by atoms with Crippen molar-refractivity contribution in [3.63, 3.8) is 0 Å². The summed E-state index contributed by atoms with van der Waals surface area (Å²) in [7, 11) is 0. The van der Waals surface area contributed by atoms with E-state index in [-0.39, 0.29) is 16.9 Å². The Balaban J connectivity index is 2.33. The third-order valence-electron chi connectivity index (χ3n) is 2.37. The zero-order valence-corrected chi connectivity index (χ0v) is 10.8. The molecule has 0 saturated carbocycles. The zero-order chi connectivity index (χ0) is 14.0. The van der Waals surface area contributed by atoms with E-state index in [0.29, 0.717) is 5.16 Å². The van der Waals surface area contributed by atoms with Crippen LogP contribution in [0.25, 0.3) is 0 Å². The summed E-state index contributed by atoms with van der Waals surface area (Å²) in [5.74, 6) is -0.832. The number of benzene rings is 1. The van der Waals surface area contributed by atoms with Crippen molar-refractivity contribution in [2.24, 2.45) is 0 Å². The maximum Gasteiger partial charge on any atom is 0.335 e. The molecule has 19 heavy (non-hydrogen) atoms. The van der Waals surface area contributed by atoms with Crippen LogP contribution in [0.15, 0.2) is 39.1 Å². The highest BCUT2D eigenvalue weighted by Gasteiger charge is 2.08. The van der Waals surface area contributed by atoms with Gasteiger partial charge < -0.3 is 15.8 Å². The van der Waals surface area contributed by atoms with Crippen LogP contribution in [-0.2, 0) is 0 Å². The molecule has 0 bridgehead atoms. The Bertz CT molecular complexity index is 697. The highest BCUT2D eigenvalue weighted by molar-refractivity contribution is 7.99. The molecule has 0 atom stereocenters. The number of aryl methyl sites for hydroxylation is 1. The second-order valence-electron chi connectivity index (χ2n) is 3.86. The number of nitrogens with one attached hydrogen (secondary N) is 1. The van der Waals surface area contributed by atoms with Crippen molar-refractivity contribution >= 4 is 23.5 Å². The summed E-state index contributed by atoms with van der Waals surface area (Å²) < 4.78 is 0. The smallest absolute Gasteiger partial charge is 0.335 e. The van der Waals surface area contributed by atoms with E-state index in [0.717, 1.165) is 10.5 Å². The number of carbonyl (C=O) groups is 1. The Labute approximate surface area is 112 Å². The monoisotopic (exact) mass is 277 g/mol. The number of nitrogen functional groups attached to an aromatic ring is 1. The second-order valence-corrected chi connectivity index (χ2v) is 4.89. The lowest BCUT2D eigenvalue weighted by molar-refractivity contribution is 0.0696. The fraction of sp³-hybridized carbons (Fsp3) is 0.0833. The van der Waals surface area contributed by atoms with E-state index in [1.165, 1.54) is 23.9 Å². The molecular formula is C12H11N3O3S. The minimum Gasteiger partial charge on any atom is -0.478 e. The predicted octanol–water partition coefficient (Wildman–Crippen LogP) is 1.51. The minimum absolute atomic E-state index is 0.144. The summed E-state index contributed by atoms with van der Waals surface area (Å²) in [4.78, 5) is 29.5. The Morgan fingerprint density at radius 1 is 1.42 bits per heavy atom. The largest absolute Gasteiger partial charge is 0.478 e. The fourth-order valence-electron chi connectivity index (χ4n) is 1.50. The van der Waals surface area contributed by atoms with Crippen molar-refractivity contribution in [2.75, 3.05) is 5.73 Å². The molecule has 0 aliphatic heterocycles. The number of anilines is 1. The van der Waals surface area contributed by atoms with Crippen LogP contribution in [0.3, 0.4) is 0 Å². The summed E-state index contributed by atoms with van der Waals surface area (Å²) in [6, 6.07) is 5.94. The number of rotatable bonds is 3. The molecule has 1 aromatic heterocycles. The van der Waals surface area contributed by atoms with Crippen LogP contribution in [0.2, 0.25) is 0 Å². The standard InChI is InChI=1S/C12H11N3O3S/c1-6-4-7(11(17)18)2-3-8(6)19-12-14-9(13)5-10(16)15-12/h2-5H,1H3,(H,17,18)(H3,13,14,15,16). The van der Waals surface area contributed by atoms with E-state index in [1.54, 1.807) is 19.1 Å². The van der Waals surface area contributed by atoms with E-state index in [9.17, 15) is 9.59 Å². The molecule has 2 rings (SSSR count). The van der Waals surface area contributed by atoms with Crippen LogP contribution in [0.1, 0.15) is 15.9 Å². The van der Waals surface area contributed by atoms with Gasteiger partial charge in [-0.2, -0.15) is 0 Å². The predicted molar refractivity (Wildman–Crippen MR) is 71.5 cm³/mol. The Hall–Kier alpha value is -2.28. The SMILES string of the molecule is Cc1cc(C(=O)O)ccc1Sc1nc(N)cc(=O)[nH]1. The number of hydrogen-bond acceptors (Lipinski definition) is 5. The first-order chi connectivity index (χ1) is 8.95. The van der Waals surface area contributed by atoms with Gasteiger partial charge in [0.25, 0.3) is 5.56 Å². The van der Waals surface area contributed by atoms with Crippen molar-refractivity contribution in [1.29, 1.82) is 0 Å². The van der Waals surface area contributed by atoms with Gasteiger partial charge in [-0.15, -0.1) is 0 Å². The van der Waals surface area contributed by atoms with E-state index in [1.807, 2.05) is 0 Å². The molecule has 4 N–H and O–H groups in total. The van der Waals surface area contributed by atoms with E-state index < -0.39 is 5.97 Å². The molecule has 0 spiro atoms. The number of carboxylic acid groups (broad SMARTS) is 1. The maximum absolute atomic E-state index is 11.3. The summed E-state index contributed by atoms with van der Waals surface area (Å²) in [6.07, 6.45) is 0. The summed E-state index contributed by atoms with van der Waals surface area (Å²) in [6.45, 7) is 1.79. The number of H-pyrrole nitrogens is 1. The average molecular weight is 277 g/mol. The van der Waals surface area contributed by atoms with Gasteiger partial charge >= 0.3 is 5.97 Å². The molecule has 0 fully saturated rings. The quantitative estimate of drug-likeness (QED) is 0.734. The molecular weight excluding hydrogens is 266 g/mol. The van der Waals surface area contributed by atoms with Gasteiger partial charge in [0.2, 0.25) is 0 Å². The lowest BCUT2D eigenvalue weighted by Crippen LogP contribution is -2.09. The van der Waals surface area contributed by atoms with E-state index in [2.05, 4.69) is 9.97 Å². The zero-order valence-electron chi connectivity index (χ0n) is 10.0. The number of nitrogens with two attached hydrogens (primary N) is 1. The van der Waals surface area contributed by atoms with Gasteiger partial charge in [0.15, 0.2) is 5.16 Å². The normalized spacial score (nSPS) is 10.4. The molecule has 98 valence electrons. The number of carboxylic acids is 1. The van der Waals surface area contributed by atoms with Crippen molar-refractivity contribution in [1.82, 2.24) is 9.97 Å². The Morgan fingerprint density at radius 3 is 2.74 bits per heavy atom. The molecule has 6 nitrogen and oxygen atoms in total. The molecule has 0 radical (unpaired) electrons. The highest BCUT2D eigenvalue weighted by Crippen LogP contribution is 2.28. The Morgan fingerprint density at radius 2 is 2.16 bits per heavy atom. The molecule has 0 unspecified atom stereocenters. The van der Waals surface area contributed by atoms with Crippen LogP contribution in [0.5, 0.6) is 0 Å². The van der Waals surface area contributed by atoms with Crippen molar-refractivity contribution in [2.45, 2.75) is 17.0 Å². The molecule has 2 aromatic rings. The van der Waals surface area contributed by atoms with Crippen LogP contribution in [0.4, 0.5) is 5.82 Å². The number of aromatic nitrogens is 2. The molecule has 1 aromatic carbocycles. The first-order valence-corrected chi connectivity index (χ1v) is 6.16. The topological polar surface area (TPSA) is 109 Å². The fourth-order valence-corrected chi connectivity index (χ4v) is 2.37. The molecule has 0 amide bonds. The third-order valence-corrected chi connectivity index (χ3v) is 3.43. The van der Waals surface area contributed by atoms with Crippen molar-refractivity contribution in [3.05, 3.63) is 45.7 Å². The van der Waals surface area contributed by atoms with Gasteiger partial charge in [0.1, 0.15) is 5.82 Å². The van der Waals surface area contributed by atoms with Crippen LogP contribution in [0, 0.1) is 6.92 Å². The molecule has 7 heteroatoms. The first-order valence-electron chi connectivity index (χ1n) is 5.34. The van der Waals surface area contributed by atoms with Gasteiger partial charge in [-0.25, -0.2) is 9.78 Å². The number of aromatic amines is 1. The number of hydrogen-bond donors (Lipinski definition) is 3. The summed E-state index contributed by atoms with van der Waals surface area (Å²) in [5.41, 5.74) is 6.17. The summed E-state index contributed by atoms with van der Waals surface area (Å²) in [5, 5.41) is 9.25. The number of aromatic carboxylic acids is 1. The molecule has 0 saturated heterocycles. The highest BCUT2D eigenvalue weighted by atomic mass is 32.2. The Kier molecular flexibility index (Phi) is 3.57. The van der Waals surface area contributed by atoms with Gasteiger partial charge in [-0.1, -0.05) is 11.8 Å². The minimum atomic E-state index is -0.977. The van der Waals surface area contributed by atoms with Gasteiger partial charge in [0, 0.05) is 11.0 Å². The van der Waals surface area contributed by atoms with Gasteiger partial charge in [-0.3, -0.25) is 4.79 Å². The molecule has 0 aliphatic carbocycles. The van der Waals surface area contributed by atoms with E-state index in [4.69, 9.17) is 10.8 Å². The van der Waals surface area contributed by atoms with Crippen molar-refractivity contribution < 1.29 is 9.90 Å². The van der Waals surface area contributed by atoms with Crippen molar-refractivity contribution in [3.8, 4) is 0 Å². The summed E-state index contributed by atoms with van der Waals surface area (Å²) >= 11 is 1.22. The number of nitrogens with zero attached hydrogens (tertiary/aromatic N) is 1. The first kappa shape index (κ1) is 13.2. The molecule has 1 heterocycles. The lowest BCUT2D eigenvalue weighted by atomic mass is 10.1. The lowest BCUT2D eigenvalue weighted by Gasteiger charge is -2.06. The van der Waals surface area contributed by atoms with E-state index >= 15 is 0 Å². The average Bonchev–Trinajstić information content (AvgIpc) is 2.30.